The highest BCUT2D eigenvalue weighted by Crippen LogP contribution is 2.28. The molecular formula is C30H38N6. The van der Waals surface area contributed by atoms with Gasteiger partial charge in [-0.15, -0.1) is 0 Å². The fourth-order valence-electron chi connectivity index (χ4n) is 4.18. The van der Waals surface area contributed by atoms with Gasteiger partial charge < -0.3 is 14.9 Å². The van der Waals surface area contributed by atoms with Crippen LogP contribution in [0.15, 0.2) is 73.8 Å². The largest absolute Gasteiger partial charge is 0.326 e. The van der Waals surface area contributed by atoms with Crippen LogP contribution < -0.4 is 5.73 Å². The lowest BCUT2D eigenvalue weighted by Crippen LogP contribution is -2.11. The molecule has 6 heteroatoms. The van der Waals surface area contributed by atoms with Crippen LogP contribution in [-0.4, -0.2) is 19.1 Å². The SMILES string of the molecule is CC(C)(C)Cc1ccc(-n2ccnc2)c(CN)c1.[C-]#[N+]c1cc(CC(C)(C)C)ccc1-n1ccnc1. The highest BCUT2D eigenvalue weighted by Gasteiger charge is 2.14. The zero-order chi connectivity index (χ0) is 26.3. The zero-order valence-electron chi connectivity index (χ0n) is 22.4. The molecule has 0 spiro atoms. The van der Waals surface area contributed by atoms with Crippen molar-refractivity contribution in [2.75, 3.05) is 0 Å². The van der Waals surface area contributed by atoms with E-state index in [1.54, 1.807) is 25.0 Å². The van der Waals surface area contributed by atoms with Crippen LogP contribution in [0.25, 0.3) is 16.2 Å². The molecule has 0 aliphatic carbocycles. The molecule has 0 bridgehead atoms. The summed E-state index contributed by atoms with van der Waals surface area (Å²) < 4.78 is 3.87. The molecule has 0 radical (unpaired) electrons. The van der Waals surface area contributed by atoms with E-state index >= 15 is 0 Å². The molecule has 0 aliphatic heterocycles. The minimum atomic E-state index is 0.232. The van der Waals surface area contributed by atoms with Gasteiger partial charge in [0.15, 0.2) is 0 Å². The van der Waals surface area contributed by atoms with E-state index in [2.05, 4.69) is 80.6 Å². The molecule has 2 aromatic carbocycles. The Morgan fingerprint density at radius 1 is 0.778 bits per heavy atom. The first kappa shape index (κ1) is 26.9. The van der Waals surface area contributed by atoms with Crippen molar-refractivity contribution in [2.45, 2.75) is 60.9 Å². The molecular weight excluding hydrogens is 444 g/mol. The Kier molecular flexibility index (Phi) is 8.49. The van der Waals surface area contributed by atoms with Gasteiger partial charge >= 0.3 is 0 Å². The topological polar surface area (TPSA) is 66.0 Å². The van der Waals surface area contributed by atoms with Crippen molar-refractivity contribution in [1.29, 1.82) is 0 Å². The van der Waals surface area contributed by atoms with E-state index in [4.69, 9.17) is 12.3 Å². The van der Waals surface area contributed by atoms with Crippen molar-refractivity contribution in [3.63, 3.8) is 0 Å². The minimum absolute atomic E-state index is 0.232. The maximum Gasteiger partial charge on any atom is 0.210 e. The van der Waals surface area contributed by atoms with Crippen LogP contribution in [0.4, 0.5) is 5.69 Å². The molecule has 0 atom stereocenters. The lowest BCUT2D eigenvalue weighted by Gasteiger charge is -2.19. The van der Waals surface area contributed by atoms with Crippen molar-refractivity contribution in [3.8, 4) is 11.4 Å². The number of nitrogens with two attached hydrogens (primary N) is 1. The number of nitrogens with zero attached hydrogens (tertiary/aromatic N) is 5. The monoisotopic (exact) mass is 482 g/mol. The van der Waals surface area contributed by atoms with Gasteiger partial charge in [0, 0.05) is 31.3 Å². The van der Waals surface area contributed by atoms with Gasteiger partial charge in [-0.3, -0.25) is 0 Å². The maximum absolute atomic E-state index is 7.31. The summed E-state index contributed by atoms with van der Waals surface area (Å²) in [5.74, 6) is 0. The van der Waals surface area contributed by atoms with Gasteiger partial charge in [-0.25, -0.2) is 14.8 Å². The Hall–Kier alpha value is -3.69. The summed E-state index contributed by atoms with van der Waals surface area (Å²) in [6, 6.07) is 12.6. The molecule has 4 rings (SSSR count). The maximum atomic E-state index is 7.31. The lowest BCUT2D eigenvalue weighted by atomic mass is 9.87. The summed E-state index contributed by atoms with van der Waals surface area (Å²) in [6.45, 7) is 21.2. The van der Waals surface area contributed by atoms with E-state index < -0.39 is 0 Å². The van der Waals surface area contributed by atoms with Crippen molar-refractivity contribution >= 4 is 5.69 Å². The first-order valence-corrected chi connectivity index (χ1v) is 12.3. The molecule has 6 nitrogen and oxygen atoms in total. The summed E-state index contributed by atoms with van der Waals surface area (Å²) in [6.07, 6.45) is 12.8. The Morgan fingerprint density at radius 2 is 1.28 bits per heavy atom. The molecule has 0 saturated carbocycles. The third-order valence-electron chi connectivity index (χ3n) is 5.56. The summed E-state index contributed by atoms with van der Waals surface area (Å²) >= 11 is 0. The van der Waals surface area contributed by atoms with E-state index in [-0.39, 0.29) is 5.41 Å². The van der Waals surface area contributed by atoms with Crippen LogP contribution in [0.1, 0.15) is 58.2 Å². The molecule has 0 unspecified atom stereocenters. The number of hydrogen-bond acceptors (Lipinski definition) is 3. The first-order chi connectivity index (χ1) is 17.0. The summed E-state index contributed by atoms with van der Waals surface area (Å²) in [5, 5.41) is 0. The fraction of sp³-hybridized carbons (Fsp3) is 0.367. The van der Waals surface area contributed by atoms with Gasteiger partial charge in [0.2, 0.25) is 5.69 Å². The van der Waals surface area contributed by atoms with Crippen molar-refractivity contribution < 1.29 is 0 Å². The molecule has 36 heavy (non-hydrogen) atoms. The molecule has 0 amide bonds. The predicted octanol–water partition coefficient (Wildman–Crippen LogP) is 6.93. The quantitative estimate of drug-likeness (QED) is 0.314. The van der Waals surface area contributed by atoms with E-state index in [0.29, 0.717) is 17.6 Å². The third-order valence-corrected chi connectivity index (χ3v) is 5.56. The fourth-order valence-corrected chi connectivity index (χ4v) is 4.18. The van der Waals surface area contributed by atoms with E-state index in [1.165, 1.54) is 11.1 Å². The third kappa shape index (κ3) is 7.66. The van der Waals surface area contributed by atoms with Crippen LogP contribution in [0, 0.1) is 17.4 Å². The van der Waals surface area contributed by atoms with Crippen molar-refractivity contribution in [3.05, 3.63) is 102 Å². The Morgan fingerprint density at radius 3 is 1.72 bits per heavy atom. The number of aromatic nitrogens is 4. The minimum Gasteiger partial charge on any atom is -0.326 e. The van der Waals surface area contributed by atoms with Crippen LogP contribution in [-0.2, 0) is 19.4 Å². The molecule has 0 fully saturated rings. The van der Waals surface area contributed by atoms with Crippen LogP contribution in [0.2, 0.25) is 0 Å². The van der Waals surface area contributed by atoms with Gasteiger partial charge in [-0.1, -0.05) is 71.4 Å². The van der Waals surface area contributed by atoms with Crippen LogP contribution in [0.3, 0.4) is 0 Å². The van der Waals surface area contributed by atoms with Crippen molar-refractivity contribution in [2.24, 2.45) is 16.6 Å². The summed E-state index contributed by atoms with van der Waals surface area (Å²) in [5.41, 5.74) is 12.8. The standard InChI is InChI=1S/C15H17N3.C15H21N3/c1-15(2,3)10-12-5-6-14(13(9-12)16-4)18-8-7-17-11-18;1-15(2,3)9-12-4-5-14(13(8-12)10-16)18-7-6-17-11-18/h5-9,11H,10H2,1-3H3;4-8,11H,9-10,16H2,1-3H3. The van der Waals surface area contributed by atoms with Crippen LogP contribution >= 0.6 is 0 Å². The van der Waals surface area contributed by atoms with Gasteiger partial charge in [0.1, 0.15) is 0 Å². The van der Waals surface area contributed by atoms with Crippen LogP contribution in [0.5, 0.6) is 0 Å². The van der Waals surface area contributed by atoms with Gasteiger partial charge in [0.05, 0.1) is 30.6 Å². The normalized spacial score (nSPS) is 11.5. The second kappa shape index (κ2) is 11.4. The lowest BCUT2D eigenvalue weighted by molar-refractivity contribution is 0.411. The molecule has 0 aliphatic rings. The highest BCUT2D eigenvalue weighted by atomic mass is 15.0. The Balaban J connectivity index is 0.000000201. The zero-order valence-corrected chi connectivity index (χ0v) is 22.4. The number of hydrogen-bond donors (Lipinski definition) is 1. The molecule has 2 aromatic heterocycles. The average molecular weight is 483 g/mol. The number of benzene rings is 2. The molecule has 4 aromatic rings. The summed E-state index contributed by atoms with van der Waals surface area (Å²) in [7, 11) is 0. The Bertz CT molecular complexity index is 1280. The first-order valence-electron chi connectivity index (χ1n) is 12.3. The second-order valence-corrected chi connectivity index (χ2v) is 11.5. The van der Waals surface area contributed by atoms with Gasteiger partial charge in [-0.05, 0) is 46.9 Å². The Labute approximate surface area is 215 Å². The smallest absolute Gasteiger partial charge is 0.210 e. The average Bonchev–Trinajstić information content (AvgIpc) is 3.52. The number of rotatable bonds is 5. The van der Waals surface area contributed by atoms with E-state index in [1.807, 2.05) is 33.7 Å². The van der Waals surface area contributed by atoms with Gasteiger partial charge in [0.25, 0.3) is 0 Å². The predicted molar refractivity (Wildman–Crippen MR) is 148 cm³/mol. The molecule has 188 valence electrons. The highest BCUT2D eigenvalue weighted by molar-refractivity contribution is 5.63. The van der Waals surface area contributed by atoms with Crippen molar-refractivity contribution in [1.82, 2.24) is 19.1 Å². The van der Waals surface area contributed by atoms with Gasteiger partial charge in [-0.2, -0.15) is 0 Å². The molecule has 2 N–H and O–H groups in total. The second-order valence-electron chi connectivity index (χ2n) is 11.5. The number of imidazole rings is 2. The summed E-state index contributed by atoms with van der Waals surface area (Å²) in [4.78, 5) is 11.7. The molecule has 0 saturated heterocycles. The van der Waals surface area contributed by atoms with E-state index in [9.17, 15) is 0 Å². The van der Waals surface area contributed by atoms with E-state index in [0.717, 1.165) is 29.8 Å². The molecule has 2 heterocycles.